The summed E-state index contributed by atoms with van der Waals surface area (Å²) < 4.78 is 3.07. The van der Waals surface area contributed by atoms with Crippen molar-refractivity contribution in [1.82, 2.24) is 14.2 Å². The largest absolute Gasteiger partial charge is 0.350 e. The number of hydrogen-bond acceptors (Lipinski definition) is 3. The van der Waals surface area contributed by atoms with E-state index in [1.54, 1.807) is 10.6 Å². The lowest BCUT2D eigenvalue weighted by Gasteiger charge is -1.96. The highest BCUT2D eigenvalue weighted by Crippen LogP contribution is 1.97. The molecule has 0 atom stereocenters. The van der Waals surface area contributed by atoms with Gasteiger partial charge in [-0.1, -0.05) is 6.07 Å². The molecule has 0 aliphatic rings. The number of unbranched alkanes of at least 4 members (excludes halogenated alkanes) is 1. The summed E-state index contributed by atoms with van der Waals surface area (Å²) in [6, 6.07) is 5.53. The number of aryl methyl sites for hydroxylation is 1. The summed E-state index contributed by atoms with van der Waals surface area (Å²) in [6.07, 6.45) is 3.68. The van der Waals surface area contributed by atoms with Gasteiger partial charge >= 0.3 is 5.69 Å². The molecule has 15 heavy (non-hydrogen) atoms. The summed E-state index contributed by atoms with van der Waals surface area (Å²) >= 11 is 4.13. The van der Waals surface area contributed by atoms with Gasteiger partial charge in [0, 0.05) is 12.7 Å². The van der Waals surface area contributed by atoms with Crippen molar-refractivity contribution in [3.63, 3.8) is 0 Å². The summed E-state index contributed by atoms with van der Waals surface area (Å²) in [4.78, 5) is 11.8. The number of fused-ring (bicyclic) bond motifs is 1. The van der Waals surface area contributed by atoms with Gasteiger partial charge in [0.05, 0.1) is 0 Å². The van der Waals surface area contributed by atoms with E-state index in [4.69, 9.17) is 0 Å². The summed E-state index contributed by atoms with van der Waals surface area (Å²) in [5.74, 6) is 0.849. The van der Waals surface area contributed by atoms with Gasteiger partial charge in [-0.05, 0) is 30.7 Å². The van der Waals surface area contributed by atoms with Crippen LogP contribution in [0.2, 0.25) is 0 Å². The highest BCUT2D eigenvalue weighted by Gasteiger charge is 2.04. The van der Waals surface area contributed by atoms with Crippen molar-refractivity contribution in [3.8, 4) is 0 Å². The highest BCUT2D eigenvalue weighted by atomic mass is 32.1. The second-order valence-corrected chi connectivity index (χ2v) is 3.81. The molecule has 5 heteroatoms. The molecule has 0 saturated carbocycles. The zero-order valence-electron chi connectivity index (χ0n) is 8.33. The maximum atomic E-state index is 11.8. The minimum atomic E-state index is -0.0650. The number of hydrogen-bond donors (Lipinski definition) is 1. The molecule has 2 rings (SSSR count). The average Bonchev–Trinajstić information content (AvgIpc) is 2.57. The number of pyridine rings is 1. The molecular weight excluding hydrogens is 210 g/mol. The van der Waals surface area contributed by atoms with Gasteiger partial charge in [-0.3, -0.25) is 4.40 Å². The van der Waals surface area contributed by atoms with Crippen LogP contribution in [0.3, 0.4) is 0 Å². The standard InChI is InChI=1S/C10H13N3OS/c14-10-12-6-2-1-5-9(12)11-13(10)7-3-4-8-15/h1-2,5-6,15H,3-4,7-8H2. The van der Waals surface area contributed by atoms with Crippen LogP contribution in [0.15, 0.2) is 29.2 Å². The molecule has 0 unspecified atom stereocenters. The van der Waals surface area contributed by atoms with Gasteiger partial charge in [-0.2, -0.15) is 12.6 Å². The predicted molar refractivity (Wildman–Crippen MR) is 62.5 cm³/mol. The van der Waals surface area contributed by atoms with Crippen LogP contribution in [0.4, 0.5) is 0 Å². The van der Waals surface area contributed by atoms with Gasteiger partial charge in [-0.15, -0.1) is 5.10 Å². The Labute approximate surface area is 92.9 Å². The van der Waals surface area contributed by atoms with E-state index in [9.17, 15) is 4.79 Å². The fourth-order valence-electron chi connectivity index (χ4n) is 1.49. The first-order valence-electron chi connectivity index (χ1n) is 4.98. The molecule has 0 radical (unpaired) electrons. The molecule has 80 valence electrons. The van der Waals surface area contributed by atoms with Gasteiger partial charge in [0.15, 0.2) is 5.65 Å². The zero-order valence-corrected chi connectivity index (χ0v) is 9.23. The van der Waals surface area contributed by atoms with Gasteiger partial charge < -0.3 is 0 Å². The van der Waals surface area contributed by atoms with Crippen molar-refractivity contribution in [2.45, 2.75) is 19.4 Å². The highest BCUT2D eigenvalue weighted by molar-refractivity contribution is 7.80. The molecule has 4 nitrogen and oxygen atoms in total. The van der Waals surface area contributed by atoms with Gasteiger partial charge in [0.1, 0.15) is 0 Å². The molecule has 0 spiro atoms. The van der Waals surface area contributed by atoms with Crippen LogP contribution in [0.5, 0.6) is 0 Å². The number of aromatic nitrogens is 3. The van der Waals surface area contributed by atoms with E-state index in [0.717, 1.165) is 18.6 Å². The monoisotopic (exact) mass is 223 g/mol. The van der Waals surface area contributed by atoms with Crippen LogP contribution < -0.4 is 5.69 Å². The molecule has 0 fully saturated rings. The first kappa shape index (κ1) is 10.3. The van der Waals surface area contributed by atoms with E-state index in [-0.39, 0.29) is 5.69 Å². The molecule has 0 saturated heterocycles. The van der Waals surface area contributed by atoms with E-state index in [2.05, 4.69) is 17.7 Å². The Morgan fingerprint density at radius 1 is 1.33 bits per heavy atom. The maximum absolute atomic E-state index is 11.8. The first-order chi connectivity index (χ1) is 7.33. The predicted octanol–water partition coefficient (Wildman–Crippen LogP) is 1.21. The summed E-state index contributed by atoms with van der Waals surface area (Å²) in [7, 11) is 0. The Bertz CT molecular complexity index is 503. The van der Waals surface area contributed by atoms with Crippen LogP contribution in [-0.2, 0) is 6.54 Å². The smallest absolute Gasteiger partial charge is 0.250 e. The van der Waals surface area contributed by atoms with Crippen LogP contribution in [0.25, 0.3) is 5.65 Å². The quantitative estimate of drug-likeness (QED) is 0.625. The van der Waals surface area contributed by atoms with Crippen molar-refractivity contribution in [2.75, 3.05) is 5.75 Å². The third-order valence-electron chi connectivity index (χ3n) is 2.27. The number of nitrogens with zero attached hydrogens (tertiary/aromatic N) is 3. The fraction of sp³-hybridized carbons (Fsp3) is 0.400. The summed E-state index contributed by atoms with van der Waals surface area (Å²) in [5, 5.41) is 4.23. The SMILES string of the molecule is O=c1n(CCCCS)nc2ccccn12. The lowest BCUT2D eigenvalue weighted by atomic mass is 10.3. The Morgan fingerprint density at radius 2 is 2.20 bits per heavy atom. The van der Waals surface area contributed by atoms with Crippen LogP contribution >= 0.6 is 12.6 Å². The van der Waals surface area contributed by atoms with E-state index < -0.39 is 0 Å². The Balaban J connectivity index is 2.28. The molecule has 2 heterocycles. The van der Waals surface area contributed by atoms with Crippen molar-refractivity contribution in [1.29, 1.82) is 0 Å². The minimum absolute atomic E-state index is 0.0650. The number of thiol groups is 1. The average molecular weight is 223 g/mol. The lowest BCUT2D eigenvalue weighted by molar-refractivity contribution is 0.556. The van der Waals surface area contributed by atoms with Gasteiger partial charge in [-0.25, -0.2) is 9.48 Å². The van der Waals surface area contributed by atoms with Gasteiger partial charge in [0.25, 0.3) is 0 Å². The van der Waals surface area contributed by atoms with Crippen molar-refractivity contribution in [3.05, 3.63) is 34.9 Å². The second kappa shape index (κ2) is 4.53. The molecule has 0 N–H and O–H groups in total. The topological polar surface area (TPSA) is 39.3 Å². The molecular formula is C10H13N3OS. The van der Waals surface area contributed by atoms with E-state index in [1.807, 2.05) is 18.2 Å². The third kappa shape index (κ3) is 2.07. The lowest BCUT2D eigenvalue weighted by Crippen LogP contribution is -2.21. The van der Waals surface area contributed by atoms with Crippen LogP contribution in [0.1, 0.15) is 12.8 Å². The van der Waals surface area contributed by atoms with E-state index >= 15 is 0 Å². The zero-order chi connectivity index (χ0) is 10.7. The first-order valence-corrected chi connectivity index (χ1v) is 5.61. The van der Waals surface area contributed by atoms with Crippen molar-refractivity contribution >= 4 is 18.3 Å². The molecule has 0 bridgehead atoms. The molecule has 0 aliphatic carbocycles. The van der Waals surface area contributed by atoms with Crippen LogP contribution in [0, 0.1) is 0 Å². The second-order valence-electron chi connectivity index (χ2n) is 3.37. The van der Waals surface area contributed by atoms with Gasteiger partial charge in [0.2, 0.25) is 0 Å². The number of rotatable bonds is 4. The van der Waals surface area contributed by atoms with Crippen LogP contribution in [-0.4, -0.2) is 19.9 Å². The molecule has 0 aromatic carbocycles. The fourth-order valence-corrected chi connectivity index (χ4v) is 1.71. The Hall–Kier alpha value is -1.23. The summed E-state index contributed by atoms with van der Waals surface area (Å²) in [6.45, 7) is 0.668. The minimum Gasteiger partial charge on any atom is -0.250 e. The summed E-state index contributed by atoms with van der Waals surface area (Å²) in [5.41, 5.74) is 0.637. The molecule has 0 amide bonds. The van der Waals surface area contributed by atoms with Crippen molar-refractivity contribution in [2.24, 2.45) is 0 Å². The van der Waals surface area contributed by atoms with Crippen molar-refractivity contribution < 1.29 is 0 Å². The molecule has 2 aromatic heterocycles. The maximum Gasteiger partial charge on any atom is 0.350 e. The van der Waals surface area contributed by atoms with E-state index in [1.165, 1.54) is 4.68 Å². The molecule has 2 aromatic rings. The Kier molecular flexibility index (Phi) is 3.11. The normalized spacial score (nSPS) is 11.0. The van der Waals surface area contributed by atoms with E-state index in [0.29, 0.717) is 12.2 Å². The third-order valence-corrected chi connectivity index (χ3v) is 2.58. The Morgan fingerprint density at radius 3 is 2.93 bits per heavy atom. The molecule has 0 aliphatic heterocycles.